The number of benzene rings is 1. The number of nitrogen functional groups attached to an aromatic ring is 1. The second-order valence-electron chi connectivity index (χ2n) is 5.31. The molecule has 0 bridgehead atoms. The van der Waals surface area contributed by atoms with Crippen LogP contribution in [-0.2, 0) is 0 Å². The van der Waals surface area contributed by atoms with Gasteiger partial charge in [0.2, 0.25) is 0 Å². The molecule has 0 spiro atoms. The van der Waals surface area contributed by atoms with E-state index >= 15 is 0 Å². The molecule has 1 aromatic rings. The molecule has 3 nitrogen and oxygen atoms in total. The highest BCUT2D eigenvalue weighted by Crippen LogP contribution is 2.37. The number of hydrogen-bond acceptors (Lipinski definition) is 2. The first kappa shape index (κ1) is 15.8. The highest BCUT2D eigenvalue weighted by atomic mass is 35.5. The average Bonchev–Trinajstić information content (AvgIpc) is 2.84. The van der Waals surface area contributed by atoms with Crippen molar-refractivity contribution in [2.24, 2.45) is 5.41 Å². The molecule has 19 heavy (non-hydrogen) atoms. The van der Waals surface area contributed by atoms with Gasteiger partial charge in [0, 0.05) is 24.3 Å². The summed E-state index contributed by atoms with van der Waals surface area (Å²) < 4.78 is 0. The SMILES string of the molecule is CCC1(CC)CCN(C(=O)c2ccc(N)cc2)C1.Cl. The second-order valence-corrected chi connectivity index (χ2v) is 5.31. The van der Waals surface area contributed by atoms with Crippen molar-refractivity contribution in [3.8, 4) is 0 Å². The van der Waals surface area contributed by atoms with E-state index in [-0.39, 0.29) is 18.3 Å². The molecule has 1 aliphatic heterocycles. The summed E-state index contributed by atoms with van der Waals surface area (Å²) >= 11 is 0. The number of nitrogens with two attached hydrogens (primary N) is 1. The fourth-order valence-corrected chi connectivity index (χ4v) is 2.74. The monoisotopic (exact) mass is 282 g/mol. The molecule has 0 aromatic heterocycles. The van der Waals surface area contributed by atoms with Gasteiger partial charge in [0.15, 0.2) is 0 Å². The summed E-state index contributed by atoms with van der Waals surface area (Å²) in [6.45, 7) is 6.22. The largest absolute Gasteiger partial charge is 0.399 e. The number of likely N-dealkylation sites (tertiary alicyclic amines) is 1. The van der Waals surface area contributed by atoms with E-state index in [4.69, 9.17) is 5.73 Å². The van der Waals surface area contributed by atoms with Crippen molar-refractivity contribution in [1.82, 2.24) is 4.90 Å². The zero-order valence-corrected chi connectivity index (χ0v) is 12.5. The summed E-state index contributed by atoms with van der Waals surface area (Å²) in [7, 11) is 0. The third-order valence-electron chi connectivity index (χ3n) is 4.38. The normalized spacial score (nSPS) is 17.1. The summed E-state index contributed by atoms with van der Waals surface area (Å²) in [4.78, 5) is 14.3. The average molecular weight is 283 g/mol. The van der Waals surface area contributed by atoms with Crippen LogP contribution in [0, 0.1) is 5.41 Å². The molecule has 106 valence electrons. The lowest BCUT2D eigenvalue weighted by atomic mass is 9.82. The van der Waals surface area contributed by atoms with Crippen LogP contribution in [0.3, 0.4) is 0 Å². The Morgan fingerprint density at radius 2 is 1.84 bits per heavy atom. The smallest absolute Gasteiger partial charge is 0.253 e. The highest BCUT2D eigenvalue weighted by molar-refractivity contribution is 5.94. The minimum Gasteiger partial charge on any atom is -0.399 e. The summed E-state index contributed by atoms with van der Waals surface area (Å²) in [5.41, 5.74) is 7.42. The van der Waals surface area contributed by atoms with Gasteiger partial charge in [-0.2, -0.15) is 0 Å². The third kappa shape index (κ3) is 3.21. The zero-order valence-electron chi connectivity index (χ0n) is 11.7. The Kier molecular flexibility index (Phi) is 5.24. The molecular weight excluding hydrogens is 260 g/mol. The first-order valence-corrected chi connectivity index (χ1v) is 6.75. The van der Waals surface area contributed by atoms with Crippen LogP contribution in [0.2, 0.25) is 0 Å². The summed E-state index contributed by atoms with van der Waals surface area (Å²) in [6.07, 6.45) is 3.42. The summed E-state index contributed by atoms with van der Waals surface area (Å²) in [6, 6.07) is 7.21. The van der Waals surface area contributed by atoms with Crippen molar-refractivity contribution < 1.29 is 4.79 Å². The molecular formula is C15H23ClN2O. The molecule has 2 rings (SSSR count). The van der Waals surface area contributed by atoms with Gasteiger partial charge in [0.25, 0.3) is 5.91 Å². The number of hydrogen-bond donors (Lipinski definition) is 1. The molecule has 0 saturated carbocycles. The van der Waals surface area contributed by atoms with Crippen LogP contribution in [0.5, 0.6) is 0 Å². The van der Waals surface area contributed by atoms with Crippen molar-refractivity contribution in [3.05, 3.63) is 29.8 Å². The van der Waals surface area contributed by atoms with Crippen LogP contribution < -0.4 is 5.73 Å². The van der Waals surface area contributed by atoms with Crippen molar-refractivity contribution >= 4 is 24.0 Å². The standard InChI is InChI=1S/C15H22N2O.ClH/c1-3-15(4-2)9-10-17(11-15)14(18)12-5-7-13(16)8-6-12;/h5-8H,3-4,9-11,16H2,1-2H3;1H. The van der Waals surface area contributed by atoms with Gasteiger partial charge in [-0.25, -0.2) is 0 Å². The lowest BCUT2D eigenvalue weighted by molar-refractivity contribution is 0.0770. The number of carbonyl (C=O) groups is 1. The van der Waals surface area contributed by atoms with Gasteiger partial charge in [0.1, 0.15) is 0 Å². The predicted molar refractivity (Wildman–Crippen MR) is 81.6 cm³/mol. The number of halogens is 1. The van der Waals surface area contributed by atoms with Crippen LogP contribution in [0.25, 0.3) is 0 Å². The first-order valence-electron chi connectivity index (χ1n) is 6.75. The predicted octanol–water partition coefficient (Wildman–Crippen LogP) is 3.34. The molecule has 1 aliphatic rings. The third-order valence-corrected chi connectivity index (χ3v) is 4.38. The maximum absolute atomic E-state index is 12.4. The van der Waals surface area contributed by atoms with Gasteiger partial charge in [-0.05, 0) is 48.9 Å². The van der Waals surface area contributed by atoms with E-state index < -0.39 is 0 Å². The number of anilines is 1. The molecule has 0 radical (unpaired) electrons. The van der Waals surface area contributed by atoms with Gasteiger partial charge in [-0.15, -0.1) is 12.4 Å². The maximum atomic E-state index is 12.4. The van der Waals surface area contributed by atoms with Crippen molar-refractivity contribution in [2.45, 2.75) is 33.1 Å². The molecule has 0 aliphatic carbocycles. The first-order chi connectivity index (χ1) is 8.60. The van der Waals surface area contributed by atoms with E-state index in [1.807, 2.05) is 17.0 Å². The molecule has 1 aromatic carbocycles. The van der Waals surface area contributed by atoms with Gasteiger partial charge < -0.3 is 10.6 Å². The Hall–Kier alpha value is -1.22. The van der Waals surface area contributed by atoms with E-state index in [1.54, 1.807) is 12.1 Å². The molecule has 0 unspecified atom stereocenters. The van der Waals surface area contributed by atoms with Gasteiger partial charge >= 0.3 is 0 Å². The van der Waals surface area contributed by atoms with E-state index in [9.17, 15) is 4.79 Å². The topological polar surface area (TPSA) is 46.3 Å². The minimum atomic E-state index is 0. The molecule has 1 saturated heterocycles. The quantitative estimate of drug-likeness (QED) is 0.864. The lowest BCUT2D eigenvalue weighted by Crippen LogP contribution is -2.31. The van der Waals surface area contributed by atoms with E-state index in [0.29, 0.717) is 11.1 Å². The Bertz CT molecular complexity index is 426. The number of carbonyl (C=O) groups excluding carboxylic acids is 1. The van der Waals surface area contributed by atoms with Crippen LogP contribution in [-0.4, -0.2) is 23.9 Å². The van der Waals surface area contributed by atoms with Crippen LogP contribution in [0.4, 0.5) is 5.69 Å². The minimum absolute atomic E-state index is 0. The van der Waals surface area contributed by atoms with Crippen molar-refractivity contribution in [3.63, 3.8) is 0 Å². The molecule has 1 heterocycles. The fourth-order valence-electron chi connectivity index (χ4n) is 2.74. The summed E-state index contributed by atoms with van der Waals surface area (Å²) in [5, 5.41) is 0. The van der Waals surface area contributed by atoms with E-state index in [2.05, 4.69) is 13.8 Å². The lowest BCUT2D eigenvalue weighted by Gasteiger charge is -2.26. The van der Waals surface area contributed by atoms with Crippen LogP contribution in [0.1, 0.15) is 43.5 Å². The van der Waals surface area contributed by atoms with Crippen molar-refractivity contribution in [2.75, 3.05) is 18.8 Å². The summed E-state index contributed by atoms with van der Waals surface area (Å²) in [5.74, 6) is 0.138. The van der Waals surface area contributed by atoms with Crippen LogP contribution in [0.15, 0.2) is 24.3 Å². The van der Waals surface area contributed by atoms with Crippen molar-refractivity contribution in [1.29, 1.82) is 0 Å². The van der Waals surface area contributed by atoms with E-state index in [1.165, 1.54) is 0 Å². The van der Waals surface area contributed by atoms with Gasteiger partial charge in [0.05, 0.1) is 0 Å². The van der Waals surface area contributed by atoms with E-state index in [0.717, 1.165) is 37.9 Å². The maximum Gasteiger partial charge on any atom is 0.253 e. The Morgan fingerprint density at radius 3 is 2.32 bits per heavy atom. The fraction of sp³-hybridized carbons (Fsp3) is 0.533. The molecule has 1 fully saturated rings. The number of rotatable bonds is 3. The highest BCUT2D eigenvalue weighted by Gasteiger charge is 2.37. The number of nitrogens with zero attached hydrogens (tertiary/aromatic N) is 1. The Balaban J connectivity index is 0.00000180. The molecule has 0 atom stereocenters. The van der Waals surface area contributed by atoms with Gasteiger partial charge in [-0.1, -0.05) is 13.8 Å². The second kappa shape index (κ2) is 6.29. The Labute approximate surface area is 121 Å². The molecule has 4 heteroatoms. The van der Waals surface area contributed by atoms with Gasteiger partial charge in [-0.3, -0.25) is 4.79 Å². The molecule has 1 amide bonds. The zero-order chi connectivity index (χ0) is 13.2. The number of amides is 1. The molecule has 2 N–H and O–H groups in total. The van der Waals surface area contributed by atoms with Crippen LogP contribution >= 0.6 is 12.4 Å². The Morgan fingerprint density at radius 1 is 1.26 bits per heavy atom.